The van der Waals surface area contributed by atoms with Gasteiger partial charge in [0, 0.05) is 11.5 Å². The molecule has 0 N–H and O–H groups in total. The minimum atomic E-state index is -0.308. The zero-order valence-corrected chi connectivity index (χ0v) is 11.3. The molecule has 5 heteroatoms. The molecular formula is C13H11BrFN3. The van der Waals surface area contributed by atoms with Crippen LogP contribution in [0.3, 0.4) is 0 Å². The maximum absolute atomic E-state index is 12.9. The molecule has 18 heavy (non-hydrogen) atoms. The lowest BCUT2D eigenvalue weighted by molar-refractivity contribution is 0.627. The van der Waals surface area contributed by atoms with Gasteiger partial charge in [-0.15, -0.1) is 5.11 Å². The van der Waals surface area contributed by atoms with Crippen molar-refractivity contribution in [2.45, 2.75) is 0 Å². The molecule has 0 atom stereocenters. The molecule has 0 fully saturated rings. The van der Waals surface area contributed by atoms with Crippen LogP contribution in [0.5, 0.6) is 0 Å². The number of anilines is 1. The van der Waals surface area contributed by atoms with Gasteiger partial charge in [-0.1, -0.05) is 23.4 Å². The van der Waals surface area contributed by atoms with Crippen molar-refractivity contribution in [3.8, 4) is 0 Å². The van der Waals surface area contributed by atoms with Gasteiger partial charge in [0.25, 0.3) is 0 Å². The van der Waals surface area contributed by atoms with E-state index in [4.69, 9.17) is 0 Å². The quantitative estimate of drug-likeness (QED) is 0.595. The predicted molar refractivity (Wildman–Crippen MR) is 73.5 cm³/mol. The average Bonchev–Trinajstić information content (AvgIpc) is 2.38. The molecule has 2 rings (SSSR count). The van der Waals surface area contributed by atoms with Crippen LogP contribution in [0.25, 0.3) is 0 Å². The van der Waals surface area contributed by atoms with Crippen molar-refractivity contribution in [2.24, 2.45) is 10.3 Å². The third-order valence-corrected chi connectivity index (χ3v) is 2.96. The molecule has 0 aliphatic carbocycles. The molecule has 3 nitrogen and oxygen atoms in total. The Morgan fingerprint density at radius 3 is 2.50 bits per heavy atom. The van der Waals surface area contributed by atoms with Gasteiger partial charge in [0.1, 0.15) is 11.5 Å². The van der Waals surface area contributed by atoms with Gasteiger partial charge in [0.05, 0.1) is 5.69 Å². The first-order valence-electron chi connectivity index (χ1n) is 5.32. The maximum atomic E-state index is 12.9. The van der Waals surface area contributed by atoms with Crippen molar-refractivity contribution in [3.05, 3.63) is 58.8 Å². The minimum Gasteiger partial charge on any atom is -0.250 e. The Labute approximate surface area is 113 Å². The van der Waals surface area contributed by atoms with E-state index in [0.717, 1.165) is 5.69 Å². The first kappa shape index (κ1) is 12.7. The van der Waals surface area contributed by atoms with Gasteiger partial charge in [-0.2, -0.15) is 0 Å². The van der Waals surface area contributed by atoms with E-state index < -0.39 is 0 Å². The van der Waals surface area contributed by atoms with E-state index in [1.54, 1.807) is 18.1 Å². The van der Waals surface area contributed by atoms with Gasteiger partial charge in [-0.05, 0) is 46.3 Å². The monoisotopic (exact) mass is 307 g/mol. The minimum absolute atomic E-state index is 0.308. The highest BCUT2D eigenvalue weighted by molar-refractivity contribution is 9.10. The molecule has 0 amide bonds. The molecule has 0 heterocycles. The number of rotatable bonds is 3. The summed E-state index contributed by atoms with van der Waals surface area (Å²) in [6.45, 7) is 0. The molecule has 0 unspecified atom stereocenters. The summed E-state index contributed by atoms with van der Waals surface area (Å²) in [5.74, 6) is -0.308. The molecule has 0 aliphatic heterocycles. The van der Waals surface area contributed by atoms with Crippen LogP contribution in [-0.4, -0.2) is 7.05 Å². The normalized spacial score (nSPS) is 10.8. The highest BCUT2D eigenvalue weighted by Crippen LogP contribution is 2.26. The maximum Gasteiger partial charge on any atom is 0.124 e. The highest BCUT2D eigenvalue weighted by Gasteiger charge is 2.01. The summed E-state index contributed by atoms with van der Waals surface area (Å²) in [5, 5.41) is 9.77. The van der Waals surface area contributed by atoms with E-state index in [9.17, 15) is 4.39 Å². The molecule has 0 aromatic heterocycles. The van der Waals surface area contributed by atoms with Crippen LogP contribution >= 0.6 is 15.9 Å². The number of benzene rings is 2. The Hall–Kier alpha value is -1.75. The second-order valence-electron chi connectivity index (χ2n) is 3.64. The van der Waals surface area contributed by atoms with E-state index in [0.29, 0.717) is 10.2 Å². The van der Waals surface area contributed by atoms with Gasteiger partial charge >= 0.3 is 0 Å². The number of para-hydroxylation sites is 1. The van der Waals surface area contributed by atoms with Crippen molar-refractivity contribution in [1.29, 1.82) is 0 Å². The van der Waals surface area contributed by atoms with Crippen LogP contribution in [-0.2, 0) is 0 Å². The van der Waals surface area contributed by atoms with Crippen LogP contribution in [0.15, 0.2) is 63.3 Å². The second-order valence-corrected chi connectivity index (χ2v) is 4.50. The number of nitrogens with zero attached hydrogens (tertiary/aromatic N) is 3. The zero-order chi connectivity index (χ0) is 13.0. The molecule has 2 aromatic rings. The smallest absolute Gasteiger partial charge is 0.124 e. The Morgan fingerprint density at radius 2 is 1.83 bits per heavy atom. The van der Waals surface area contributed by atoms with Crippen molar-refractivity contribution in [2.75, 3.05) is 12.1 Å². The summed E-state index contributed by atoms with van der Waals surface area (Å²) in [5.41, 5.74) is 1.51. The third kappa shape index (κ3) is 3.13. The van der Waals surface area contributed by atoms with Crippen molar-refractivity contribution in [1.82, 2.24) is 0 Å². The van der Waals surface area contributed by atoms with Gasteiger partial charge in [-0.25, -0.2) is 9.40 Å². The van der Waals surface area contributed by atoms with Crippen LogP contribution < -0.4 is 5.01 Å². The Kier molecular flexibility index (Phi) is 4.04. The molecule has 0 saturated carbocycles. The van der Waals surface area contributed by atoms with E-state index in [-0.39, 0.29) is 5.82 Å². The first-order chi connectivity index (χ1) is 8.66. The van der Waals surface area contributed by atoms with E-state index >= 15 is 0 Å². The summed E-state index contributed by atoms with van der Waals surface area (Å²) in [7, 11) is 1.80. The SMILES string of the molecule is CN(N=Nc1ccc(F)cc1Br)c1ccccc1. The lowest BCUT2D eigenvalue weighted by Gasteiger charge is -2.10. The fourth-order valence-corrected chi connectivity index (χ4v) is 1.80. The van der Waals surface area contributed by atoms with Crippen LogP contribution in [0, 0.1) is 5.82 Å². The van der Waals surface area contributed by atoms with Crippen molar-refractivity contribution >= 4 is 27.3 Å². The largest absolute Gasteiger partial charge is 0.250 e. The average molecular weight is 308 g/mol. The van der Waals surface area contributed by atoms with E-state index in [2.05, 4.69) is 26.3 Å². The lowest BCUT2D eigenvalue weighted by atomic mass is 10.3. The van der Waals surface area contributed by atoms with Crippen LogP contribution in [0.4, 0.5) is 15.8 Å². The summed E-state index contributed by atoms with van der Waals surface area (Å²) in [6.07, 6.45) is 0. The fraction of sp³-hybridized carbons (Fsp3) is 0.0769. The van der Waals surface area contributed by atoms with Crippen molar-refractivity contribution in [3.63, 3.8) is 0 Å². The zero-order valence-electron chi connectivity index (χ0n) is 9.72. The molecule has 0 bridgehead atoms. The van der Waals surface area contributed by atoms with E-state index in [1.165, 1.54) is 12.1 Å². The molecule has 0 radical (unpaired) electrons. The van der Waals surface area contributed by atoms with Crippen molar-refractivity contribution < 1.29 is 4.39 Å². The summed E-state index contributed by atoms with van der Waals surface area (Å²) in [6, 6.07) is 13.9. The van der Waals surface area contributed by atoms with E-state index in [1.807, 2.05) is 30.3 Å². The van der Waals surface area contributed by atoms with Gasteiger partial charge in [0.2, 0.25) is 0 Å². The molecule has 0 spiro atoms. The highest BCUT2D eigenvalue weighted by atomic mass is 79.9. The van der Waals surface area contributed by atoms with Gasteiger partial charge in [0.15, 0.2) is 0 Å². The summed E-state index contributed by atoms with van der Waals surface area (Å²) in [4.78, 5) is 0. The summed E-state index contributed by atoms with van der Waals surface area (Å²) < 4.78 is 13.5. The summed E-state index contributed by atoms with van der Waals surface area (Å²) >= 11 is 3.24. The number of hydrogen-bond donors (Lipinski definition) is 0. The van der Waals surface area contributed by atoms with Gasteiger partial charge < -0.3 is 0 Å². The predicted octanol–water partition coefficient (Wildman–Crippen LogP) is 4.72. The Balaban J connectivity index is 2.16. The Bertz CT molecular complexity index is 557. The van der Waals surface area contributed by atoms with Crippen LogP contribution in [0.1, 0.15) is 0 Å². The molecule has 0 aliphatic rings. The fourth-order valence-electron chi connectivity index (χ4n) is 1.37. The standard InChI is InChI=1S/C13H11BrFN3/c1-18(11-5-3-2-4-6-11)17-16-13-8-7-10(15)9-12(13)14/h2-9H,1H3. The molecular weight excluding hydrogens is 297 g/mol. The topological polar surface area (TPSA) is 28.0 Å². The first-order valence-corrected chi connectivity index (χ1v) is 6.11. The molecule has 2 aromatic carbocycles. The van der Waals surface area contributed by atoms with Gasteiger partial charge in [-0.3, -0.25) is 0 Å². The third-order valence-electron chi connectivity index (χ3n) is 2.33. The second kappa shape index (κ2) is 5.73. The van der Waals surface area contributed by atoms with Crippen LogP contribution in [0.2, 0.25) is 0 Å². The lowest BCUT2D eigenvalue weighted by Crippen LogP contribution is -2.06. The number of halogens is 2. The molecule has 0 saturated heterocycles. The Morgan fingerprint density at radius 1 is 1.11 bits per heavy atom. The molecule has 92 valence electrons. The number of hydrogen-bond acceptors (Lipinski definition) is 2.